The SMILES string of the molecule is Cc1ccc(N(C(=O)Nc2ccc(C=NN(C)C)cc2)C(=O)c2cccc(Cl)c2)nc1. The van der Waals surface area contributed by atoms with Crippen LogP contribution >= 0.6 is 11.6 Å². The van der Waals surface area contributed by atoms with Crippen molar-refractivity contribution < 1.29 is 9.59 Å². The zero-order valence-corrected chi connectivity index (χ0v) is 18.2. The molecule has 3 amide bonds. The monoisotopic (exact) mass is 435 g/mol. The third-order valence-corrected chi connectivity index (χ3v) is 4.44. The van der Waals surface area contributed by atoms with Crippen molar-refractivity contribution >= 4 is 41.3 Å². The maximum absolute atomic E-state index is 13.2. The Morgan fingerprint density at radius 1 is 1.06 bits per heavy atom. The normalized spacial score (nSPS) is 10.7. The summed E-state index contributed by atoms with van der Waals surface area (Å²) in [5, 5.41) is 9.01. The molecule has 158 valence electrons. The van der Waals surface area contributed by atoms with Crippen molar-refractivity contribution in [3.63, 3.8) is 0 Å². The molecule has 0 atom stereocenters. The lowest BCUT2D eigenvalue weighted by molar-refractivity contribution is 0.0995. The van der Waals surface area contributed by atoms with Gasteiger partial charge in [-0.25, -0.2) is 14.7 Å². The number of imide groups is 1. The Hall–Kier alpha value is -3.71. The Labute approximate surface area is 186 Å². The smallest absolute Gasteiger partial charge is 0.307 e. The molecule has 3 rings (SSSR count). The molecular formula is C23H22ClN5O2. The molecule has 0 aliphatic carbocycles. The van der Waals surface area contributed by atoms with Crippen LogP contribution < -0.4 is 10.2 Å². The molecule has 3 aromatic rings. The number of carbonyl (C=O) groups excluding carboxylic acids is 2. The number of hydrogen-bond acceptors (Lipinski definition) is 5. The van der Waals surface area contributed by atoms with Crippen LogP contribution in [-0.4, -0.2) is 42.2 Å². The molecule has 0 aliphatic heterocycles. The number of halogens is 1. The summed E-state index contributed by atoms with van der Waals surface area (Å²) in [4.78, 5) is 31.5. The Balaban J connectivity index is 1.87. The predicted octanol–water partition coefficient (Wildman–Crippen LogP) is 4.82. The third-order valence-electron chi connectivity index (χ3n) is 4.20. The first-order chi connectivity index (χ1) is 14.8. The Bertz CT molecular complexity index is 1100. The fourth-order valence-corrected chi connectivity index (χ4v) is 2.85. The Morgan fingerprint density at radius 3 is 2.42 bits per heavy atom. The van der Waals surface area contributed by atoms with Gasteiger partial charge in [0.15, 0.2) is 0 Å². The number of pyridine rings is 1. The number of rotatable bonds is 5. The molecule has 1 N–H and O–H groups in total. The van der Waals surface area contributed by atoms with Gasteiger partial charge in [0.05, 0.1) is 6.21 Å². The van der Waals surface area contributed by atoms with Crippen molar-refractivity contribution in [2.45, 2.75) is 6.92 Å². The van der Waals surface area contributed by atoms with E-state index in [0.717, 1.165) is 16.0 Å². The quantitative estimate of drug-likeness (QED) is 0.460. The molecule has 0 spiro atoms. The van der Waals surface area contributed by atoms with Crippen LogP contribution in [0.15, 0.2) is 72.0 Å². The molecule has 7 nitrogen and oxygen atoms in total. The van der Waals surface area contributed by atoms with E-state index < -0.39 is 11.9 Å². The van der Waals surface area contributed by atoms with E-state index in [-0.39, 0.29) is 11.4 Å². The van der Waals surface area contributed by atoms with Crippen LogP contribution in [-0.2, 0) is 0 Å². The molecule has 1 aromatic heterocycles. The summed E-state index contributed by atoms with van der Waals surface area (Å²) < 4.78 is 0. The van der Waals surface area contributed by atoms with Gasteiger partial charge in [-0.05, 0) is 54.4 Å². The van der Waals surface area contributed by atoms with E-state index in [9.17, 15) is 9.59 Å². The summed E-state index contributed by atoms with van der Waals surface area (Å²) in [6.07, 6.45) is 3.30. The molecule has 0 saturated heterocycles. The molecule has 0 fully saturated rings. The summed E-state index contributed by atoms with van der Waals surface area (Å²) >= 11 is 6.03. The second-order valence-electron chi connectivity index (χ2n) is 6.99. The van der Waals surface area contributed by atoms with E-state index >= 15 is 0 Å². The Morgan fingerprint density at radius 2 is 1.81 bits per heavy atom. The number of hydrogen-bond donors (Lipinski definition) is 1. The zero-order chi connectivity index (χ0) is 22.4. The maximum atomic E-state index is 13.2. The van der Waals surface area contributed by atoms with Gasteiger partial charge in [0.25, 0.3) is 5.91 Å². The minimum atomic E-state index is -0.629. The summed E-state index contributed by atoms with van der Waals surface area (Å²) in [5.41, 5.74) is 2.59. The van der Waals surface area contributed by atoms with Crippen molar-refractivity contribution in [3.05, 3.63) is 88.6 Å². The van der Waals surface area contributed by atoms with Crippen LogP contribution in [0.4, 0.5) is 16.3 Å². The van der Waals surface area contributed by atoms with E-state index in [0.29, 0.717) is 10.7 Å². The van der Waals surface area contributed by atoms with E-state index in [1.54, 1.807) is 59.9 Å². The fourth-order valence-electron chi connectivity index (χ4n) is 2.66. The molecule has 0 unspecified atom stereocenters. The lowest BCUT2D eigenvalue weighted by Crippen LogP contribution is -2.40. The van der Waals surface area contributed by atoms with Gasteiger partial charge < -0.3 is 10.3 Å². The number of carbonyl (C=O) groups is 2. The number of nitrogens with zero attached hydrogens (tertiary/aromatic N) is 4. The van der Waals surface area contributed by atoms with Crippen LogP contribution in [0.1, 0.15) is 21.5 Å². The third kappa shape index (κ3) is 5.90. The number of aryl methyl sites for hydroxylation is 1. The van der Waals surface area contributed by atoms with Crippen molar-refractivity contribution in [1.29, 1.82) is 0 Å². The van der Waals surface area contributed by atoms with Gasteiger partial charge in [-0.15, -0.1) is 0 Å². The van der Waals surface area contributed by atoms with E-state index in [1.165, 1.54) is 6.07 Å². The second-order valence-corrected chi connectivity index (χ2v) is 7.43. The number of anilines is 2. The van der Waals surface area contributed by atoms with Gasteiger partial charge in [0.2, 0.25) is 0 Å². The van der Waals surface area contributed by atoms with Crippen LogP contribution in [0.3, 0.4) is 0 Å². The molecule has 0 aliphatic rings. The highest BCUT2D eigenvalue weighted by molar-refractivity contribution is 6.31. The number of nitrogens with one attached hydrogen (secondary N) is 1. The molecule has 31 heavy (non-hydrogen) atoms. The number of aromatic nitrogens is 1. The molecule has 0 bridgehead atoms. The summed E-state index contributed by atoms with van der Waals surface area (Å²) in [6, 6.07) is 16.3. The van der Waals surface area contributed by atoms with Gasteiger partial charge in [-0.2, -0.15) is 5.10 Å². The fraction of sp³-hybridized carbons (Fsp3) is 0.130. The van der Waals surface area contributed by atoms with Gasteiger partial charge >= 0.3 is 6.03 Å². The van der Waals surface area contributed by atoms with Crippen molar-refractivity contribution in [3.8, 4) is 0 Å². The van der Waals surface area contributed by atoms with E-state index in [4.69, 9.17) is 11.6 Å². The predicted molar refractivity (Wildman–Crippen MR) is 124 cm³/mol. The molecule has 8 heteroatoms. The standard InChI is InChI=1S/C23H22ClN5O2/c1-16-7-12-21(25-14-16)29(22(30)18-5-4-6-19(24)13-18)23(31)27-20-10-8-17(9-11-20)15-26-28(2)3/h4-15H,1-3H3,(H,27,31). The molecular weight excluding hydrogens is 414 g/mol. The molecule has 2 aromatic carbocycles. The van der Waals surface area contributed by atoms with E-state index in [2.05, 4.69) is 15.4 Å². The van der Waals surface area contributed by atoms with Crippen LogP contribution in [0, 0.1) is 6.92 Å². The highest BCUT2D eigenvalue weighted by atomic mass is 35.5. The summed E-state index contributed by atoms with van der Waals surface area (Å²) in [5.74, 6) is -0.325. The van der Waals surface area contributed by atoms with Gasteiger partial charge in [-0.3, -0.25) is 4.79 Å². The van der Waals surface area contributed by atoms with Crippen LogP contribution in [0.5, 0.6) is 0 Å². The summed E-state index contributed by atoms with van der Waals surface area (Å²) in [7, 11) is 3.66. The zero-order valence-electron chi connectivity index (χ0n) is 17.4. The highest BCUT2D eigenvalue weighted by Gasteiger charge is 2.26. The first-order valence-corrected chi connectivity index (χ1v) is 9.86. The average molecular weight is 436 g/mol. The lowest BCUT2D eigenvalue weighted by atomic mass is 10.2. The number of amides is 3. The maximum Gasteiger partial charge on any atom is 0.334 e. The number of hydrazone groups is 1. The second kappa shape index (κ2) is 9.86. The van der Waals surface area contributed by atoms with E-state index in [1.807, 2.05) is 33.2 Å². The largest absolute Gasteiger partial charge is 0.334 e. The molecule has 0 saturated carbocycles. The van der Waals surface area contributed by atoms with Gasteiger partial charge in [0, 0.05) is 36.6 Å². The van der Waals surface area contributed by atoms with Crippen molar-refractivity contribution in [2.75, 3.05) is 24.3 Å². The van der Waals surface area contributed by atoms with Crippen LogP contribution in [0.25, 0.3) is 0 Å². The Kier molecular flexibility index (Phi) is 6.99. The average Bonchev–Trinajstić information content (AvgIpc) is 2.74. The number of benzene rings is 2. The lowest BCUT2D eigenvalue weighted by Gasteiger charge is -2.21. The topological polar surface area (TPSA) is 77.9 Å². The minimum absolute atomic E-state index is 0.211. The first-order valence-electron chi connectivity index (χ1n) is 9.48. The molecule has 0 radical (unpaired) electrons. The van der Waals surface area contributed by atoms with Gasteiger partial charge in [0.1, 0.15) is 5.82 Å². The van der Waals surface area contributed by atoms with Crippen molar-refractivity contribution in [2.24, 2.45) is 5.10 Å². The van der Waals surface area contributed by atoms with Crippen LogP contribution in [0.2, 0.25) is 5.02 Å². The van der Waals surface area contributed by atoms with Gasteiger partial charge in [-0.1, -0.05) is 35.9 Å². The summed E-state index contributed by atoms with van der Waals surface area (Å²) in [6.45, 7) is 1.88. The first kappa shape index (κ1) is 22.0. The highest BCUT2D eigenvalue weighted by Crippen LogP contribution is 2.20. The molecule has 1 heterocycles. The minimum Gasteiger partial charge on any atom is -0.307 e. The number of urea groups is 1. The van der Waals surface area contributed by atoms with Crippen molar-refractivity contribution in [1.82, 2.24) is 9.99 Å².